The monoisotopic (exact) mass is 334 g/mol. The first-order valence-corrected chi connectivity index (χ1v) is 6.85. The zero-order valence-electron chi connectivity index (χ0n) is 11.0. The summed E-state index contributed by atoms with van der Waals surface area (Å²) in [7, 11) is 1.70. The van der Waals surface area contributed by atoms with Gasteiger partial charge in [0, 0.05) is 24.8 Å². The molecule has 2 rings (SSSR count). The van der Waals surface area contributed by atoms with Gasteiger partial charge in [-0.25, -0.2) is 0 Å². The van der Waals surface area contributed by atoms with E-state index >= 15 is 0 Å². The van der Waals surface area contributed by atoms with Crippen molar-refractivity contribution >= 4 is 27.5 Å². The van der Waals surface area contributed by atoms with Gasteiger partial charge in [-0.15, -0.1) is 0 Å². The summed E-state index contributed by atoms with van der Waals surface area (Å²) in [6.45, 7) is 0.419. The highest BCUT2D eigenvalue weighted by atomic mass is 79.9. The average molecular weight is 335 g/mol. The Bertz CT molecular complexity index is 644. The number of nitrogens with two attached hydrogens (primary N) is 1. The molecule has 0 aliphatic rings. The molecule has 0 radical (unpaired) electrons. The van der Waals surface area contributed by atoms with E-state index in [9.17, 15) is 9.90 Å². The molecule has 0 fully saturated rings. The molecule has 0 aliphatic heterocycles. The summed E-state index contributed by atoms with van der Waals surface area (Å²) in [5.74, 6) is -0.125. The van der Waals surface area contributed by atoms with E-state index in [1.165, 1.54) is 6.07 Å². The first kappa shape index (κ1) is 14.4. The first-order chi connectivity index (χ1) is 9.49. The van der Waals surface area contributed by atoms with Crippen LogP contribution in [0.4, 0.5) is 5.69 Å². The molecule has 5 heteroatoms. The number of hydrogen-bond acceptors (Lipinski definition) is 3. The van der Waals surface area contributed by atoms with Crippen LogP contribution in [0.1, 0.15) is 15.9 Å². The van der Waals surface area contributed by atoms with Gasteiger partial charge >= 0.3 is 0 Å². The number of phenols is 1. The Morgan fingerprint density at radius 2 is 2.00 bits per heavy atom. The molecule has 0 unspecified atom stereocenters. The van der Waals surface area contributed by atoms with E-state index in [0.29, 0.717) is 22.3 Å². The quantitative estimate of drug-likeness (QED) is 0.848. The lowest BCUT2D eigenvalue weighted by molar-refractivity contribution is 0.0785. The van der Waals surface area contributed by atoms with Crippen molar-refractivity contribution in [2.24, 2.45) is 0 Å². The summed E-state index contributed by atoms with van der Waals surface area (Å²) in [6.07, 6.45) is 0. The Labute approximate surface area is 126 Å². The molecule has 1 amide bonds. The standard InChI is InChI=1S/C15H15BrN2O2/c1-18(9-11-4-2-3-5-13(11)17)15(20)10-6-7-12(16)14(19)8-10/h2-8,19H,9,17H2,1H3. The van der Waals surface area contributed by atoms with E-state index in [1.54, 1.807) is 30.1 Å². The van der Waals surface area contributed by atoms with Gasteiger partial charge in [-0.2, -0.15) is 0 Å². The third kappa shape index (κ3) is 3.11. The summed E-state index contributed by atoms with van der Waals surface area (Å²) < 4.78 is 0.559. The van der Waals surface area contributed by atoms with E-state index in [2.05, 4.69) is 15.9 Å². The summed E-state index contributed by atoms with van der Waals surface area (Å²) >= 11 is 3.19. The van der Waals surface area contributed by atoms with Crippen LogP contribution in [-0.2, 0) is 6.54 Å². The maximum atomic E-state index is 12.3. The number of anilines is 1. The largest absolute Gasteiger partial charge is 0.507 e. The summed E-state index contributed by atoms with van der Waals surface area (Å²) in [6, 6.07) is 12.2. The van der Waals surface area contributed by atoms with Gasteiger partial charge in [0.1, 0.15) is 5.75 Å². The molecule has 104 valence electrons. The minimum Gasteiger partial charge on any atom is -0.507 e. The second-order valence-electron chi connectivity index (χ2n) is 4.53. The van der Waals surface area contributed by atoms with Crippen LogP contribution >= 0.6 is 15.9 Å². The topological polar surface area (TPSA) is 66.6 Å². The van der Waals surface area contributed by atoms with Crippen LogP contribution in [0.5, 0.6) is 5.75 Å². The number of amides is 1. The number of phenolic OH excluding ortho intramolecular Hbond substituents is 1. The Morgan fingerprint density at radius 1 is 1.30 bits per heavy atom. The fourth-order valence-corrected chi connectivity index (χ4v) is 2.12. The second kappa shape index (κ2) is 5.96. The molecular weight excluding hydrogens is 320 g/mol. The zero-order valence-corrected chi connectivity index (χ0v) is 12.6. The van der Waals surface area contributed by atoms with Gasteiger partial charge in [-0.1, -0.05) is 18.2 Å². The highest BCUT2D eigenvalue weighted by Crippen LogP contribution is 2.25. The Kier molecular flexibility index (Phi) is 4.29. The first-order valence-electron chi connectivity index (χ1n) is 6.06. The van der Waals surface area contributed by atoms with Crippen molar-refractivity contribution in [2.75, 3.05) is 12.8 Å². The van der Waals surface area contributed by atoms with Gasteiger partial charge < -0.3 is 15.7 Å². The van der Waals surface area contributed by atoms with E-state index < -0.39 is 0 Å². The molecule has 20 heavy (non-hydrogen) atoms. The molecule has 0 aromatic heterocycles. The van der Waals surface area contributed by atoms with Gasteiger partial charge in [0.15, 0.2) is 0 Å². The van der Waals surface area contributed by atoms with E-state index in [1.807, 2.05) is 18.2 Å². The van der Waals surface area contributed by atoms with E-state index in [0.717, 1.165) is 5.56 Å². The lowest BCUT2D eigenvalue weighted by Gasteiger charge is -2.18. The molecule has 0 saturated heterocycles. The number of para-hydroxylation sites is 1. The lowest BCUT2D eigenvalue weighted by Crippen LogP contribution is -2.26. The van der Waals surface area contributed by atoms with E-state index in [4.69, 9.17) is 5.73 Å². The fourth-order valence-electron chi connectivity index (χ4n) is 1.87. The molecule has 4 nitrogen and oxygen atoms in total. The van der Waals surface area contributed by atoms with Crippen LogP contribution in [0.25, 0.3) is 0 Å². The predicted molar refractivity (Wildman–Crippen MR) is 82.5 cm³/mol. The molecule has 2 aromatic rings. The van der Waals surface area contributed by atoms with Crippen molar-refractivity contribution < 1.29 is 9.90 Å². The van der Waals surface area contributed by atoms with Crippen molar-refractivity contribution in [3.8, 4) is 5.75 Å². The smallest absolute Gasteiger partial charge is 0.254 e. The van der Waals surface area contributed by atoms with Crippen molar-refractivity contribution in [1.82, 2.24) is 4.90 Å². The maximum absolute atomic E-state index is 12.3. The van der Waals surface area contributed by atoms with E-state index in [-0.39, 0.29) is 11.7 Å². The highest BCUT2D eigenvalue weighted by molar-refractivity contribution is 9.10. The third-order valence-corrected chi connectivity index (χ3v) is 3.67. The highest BCUT2D eigenvalue weighted by Gasteiger charge is 2.14. The van der Waals surface area contributed by atoms with Gasteiger partial charge in [0.25, 0.3) is 5.91 Å². The van der Waals surface area contributed by atoms with Crippen LogP contribution < -0.4 is 5.73 Å². The Morgan fingerprint density at radius 3 is 2.65 bits per heavy atom. The second-order valence-corrected chi connectivity index (χ2v) is 5.38. The number of aromatic hydroxyl groups is 1. The molecule has 0 bridgehead atoms. The number of rotatable bonds is 3. The summed E-state index contributed by atoms with van der Waals surface area (Å²) in [4.78, 5) is 13.8. The number of benzene rings is 2. The molecule has 0 atom stereocenters. The number of carbonyl (C=O) groups is 1. The van der Waals surface area contributed by atoms with Gasteiger partial charge in [0.05, 0.1) is 4.47 Å². The van der Waals surface area contributed by atoms with Gasteiger partial charge in [0.2, 0.25) is 0 Å². The molecular formula is C15H15BrN2O2. The minimum absolute atomic E-state index is 0.0449. The number of nitrogen functional groups attached to an aromatic ring is 1. The third-order valence-electron chi connectivity index (χ3n) is 3.00. The van der Waals surface area contributed by atoms with Crippen LogP contribution in [-0.4, -0.2) is 23.0 Å². The van der Waals surface area contributed by atoms with Gasteiger partial charge in [-0.05, 0) is 45.8 Å². The molecule has 0 heterocycles. The van der Waals surface area contributed by atoms with Crippen LogP contribution in [0.3, 0.4) is 0 Å². The predicted octanol–water partition coefficient (Wildman–Crippen LogP) is 3.01. The van der Waals surface area contributed by atoms with Crippen molar-refractivity contribution in [3.05, 3.63) is 58.1 Å². The number of nitrogens with zero attached hydrogens (tertiary/aromatic N) is 1. The zero-order chi connectivity index (χ0) is 14.7. The number of hydrogen-bond donors (Lipinski definition) is 2. The SMILES string of the molecule is CN(Cc1ccccc1N)C(=O)c1ccc(Br)c(O)c1. The van der Waals surface area contributed by atoms with Crippen LogP contribution in [0.15, 0.2) is 46.9 Å². The van der Waals surface area contributed by atoms with Gasteiger partial charge in [-0.3, -0.25) is 4.79 Å². The molecule has 3 N–H and O–H groups in total. The van der Waals surface area contributed by atoms with Crippen molar-refractivity contribution in [2.45, 2.75) is 6.54 Å². The Hall–Kier alpha value is -2.01. The normalized spacial score (nSPS) is 10.3. The lowest BCUT2D eigenvalue weighted by atomic mass is 10.1. The number of carbonyl (C=O) groups excluding carboxylic acids is 1. The van der Waals surface area contributed by atoms with Crippen molar-refractivity contribution in [1.29, 1.82) is 0 Å². The van der Waals surface area contributed by atoms with Crippen LogP contribution in [0, 0.1) is 0 Å². The molecule has 2 aromatic carbocycles. The average Bonchev–Trinajstić information content (AvgIpc) is 2.43. The number of halogens is 1. The fraction of sp³-hybridized carbons (Fsp3) is 0.133. The van der Waals surface area contributed by atoms with Crippen LogP contribution in [0.2, 0.25) is 0 Å². The molecule has 0 aliphatic carbocycles. The maximum Gasteiger partial charge on any atom is 0.254 e. The molecule has 0 spiro atoms. The summed E-state index contributed by atoms with van der Waals surface area (Å²) in [5.41, 5.74) is 7.85. The summed E-state index contributed by atoms with van der Waals surface area (Å²) in [5, 5.41) is 9.63. The Balaban J connectivity index is 2.16. The van der Waals surface area contributed by atoms with Crippen molar-refractivity contribution in [3.63, 3.8) is 0 Å². The molecule has 0 saturated carbocycles. The minimum atomic E-state index is -0.170.